The molecule has 1 amide bonds. The zero-order valence-electron chi connectivity index (χ0n) is 14.0. The molecule has 1 fully saturated rings. The first-order valence-corrected chi connectivity index (χ1v) is 7.77. The maximum Gasteiger partial charge on any atom is 0.308 e. The lowest BCUT2D eigenvalue weighted by molar-refractivity contribution is -0.146. The van der Waals surface area contributed by atoms with Crippen LogP contribution < -0.4 is 0 Å². The van der Waals surface area contributed by atoms with Crippen LogP contribution in [0.5, 0.6) is 0 Å². The lowest BCUT2D eigenvalue weighted by Gasteiger charge is -2.31. The summed E-state index contributed by atoms with van der Waals surface area (Å²) >= 11 is 0. The summed E-state index contributed by atoms with van der Waals surface area (Å²) in [6.07, 6.45) is 0.468. The highest BCUT2D eigenvalue weighted by Crippen LogP contribution is 2.36. The number of likely N-dealkylation sites (tertiary alicyclic amines) is 1. The van der Waals surface area contributed by atoms with Crippen LogP contribution in [0.1, 0.15) is 41.0 Å². The third kappa shape index (κ3) is 3.57. The van der Waals surface area contributed by atoms with E-state index >= 15 is 0 Å². The van der Waals surface area contributed by atoms with Gasteiger partial charge in [0.15, 0.2) is 0 Å². The molecule has 0 saturated carbocycles. The first kappa shape index (κ1) is 18.0. The quantitative estimate of drug-likeness (QED) is 0.784. The summed E-state index contributed by atoms with van der Waals surface area (Å²) in [6.45, 7) is 9.84. The van der Waals surface area contributed by atoms with Gasteiger partial charge in [0.25, 0.3) is 0 Å². The maximum absolute atomic E-state index is 12.7. The van der Waals surface area contributed by atoms with E-state index < -0.39 is 0 Å². The number of carbonyl (C=O) groups excluding carboxylic acids is 2. The molecule has 4 unspecified atom stereocenters. The molecule has 0 radical (unpaired) electrons. The predicted octanol–water partition coefficient (Wildman–Crippen LogP) is 1.69. The van der Waals surface area contributed by atoms with Gasteiger partial charge in [-0.1, -0.05) is 27.7 Å². The van der Waals surface area contributed by atoms with Gasteiger partial charge in [-0.15, -0.1) is 0 Å². The molecule has 0 spiro atoms. The van der Waals surface area contributed by atoms with Crippen LogP contribution in [0, 0.1) is 23.7 Å². The fraction of sp³-hybridized carbons (Fsp3) is 0.875. The molecule has 0 bridgehead atoms. The van der Waals surface area contributed by atoms with Crippen molar-refractivity contribution >= 4 is 11.9 Å². The zero-order valence-corrected chi connectivity index (χ0v) is 14.0. The normalized spacial score (nSPS) is 31.9. The predicted molar refractivity (Wildman–Crippen MR) is 80.5 cm³/mol. The lowest BCUT2D eigenvalue weighted by Crippen LogP contribution is -2.46. The highest BCUT2D eigenvalue weighted by molar-refractivity contribution is 5.80. The number of esters is 1. The van der Waals surface area contributed by atoms with Gasteiger partial charge in [-0.05, 0) is 25.2 Å². The lowest BCUT2D eigenvalue weighted by atomic mass is 9.91. The first-order valence-electron chi connectivity index (χ1n) is 7.77. The van der Waals surface area contributed by atoms with Crippen molar-refractivity contribution in [1.82, 2.24) is 4.90 Å². The van der Waals surface area contributed by atoms with Crippen molar-refractivity contribution in [2.75, 3.05) is 13.7 Å². The van der Waals surface area contributed by atoms with Crippen molar-refractivity contribution in [3.8, 4) is 0 Å². The molecule has 122 valence electrons. The standard InChI is InChI=1S/C16H29NO4/c1-9(7-10(2)16(20)21-6)15(19)17-13(5)11(3)12(4)14(17)8-18/h9-14,18H,7-8H2,1-6H3/t9-,10?,11?,12?,13?,14-/m1/s1. The molecule has 1 saturated heterocycles. The van der Waals surface area contributed by atoms with E-state index in [9.17, 15) is 14.7 Å². The Morgan fingerprint density at radius 2 is 1.71 bits per heavy atom. The van der Waals surface area contributed by atoms with E-state index in [1.165, 1.54) is 7.11 Å². The third-order valence-corrected chi connectivity index (χ3v) is 5.17. The van der Waals surface area contributed by atoms with Crippen LogP contribution in [0.2, 0.25) is 0 Å². The molecular weight excluding hydrogens is 270 g/mol. The van der Waals surface area contributed by atoms with Crippen LogP contribution in [-0.4, -0.2) is 47.7 Å². The number of carbonyl (C=O) groups is 2. The molecule has 6 atom stereocenters. The van der Waals surface area contributed by atoms with Gasteiger partial charge in [-0.2, -0.15) is 0 Å². The second-order valence-electron chi connectivity index (χ2n) is 6.52. The van der Waals surface area contributed by atoms with Crippen molar-refractivity contribution in [1.29, 1.82) is 0 Å². The number of aliphatic hydroxyl groups excluding tert-OH is 1. The van der Waals surface area contributed by atoms with Crippen LogP contribution in [0.3, 0.4) is 0 Å². The Labute approximate surface area is 127 Å². The highest BCUT2D eigenvalue weighted by atomic mass is 16.5. The summed E-state index contributed by atoms with van der Waals surface area (Å²) in [7, 11) is 1.36. The average molecular weight is 299 g/mol. The van der Waals surface area contributed by atoms with E-state index in [0.29, 0.717) is 12.3 Å². The monoisotopic (exact) mass is 299 g/mol. The van der Waals surface area contributed by atoms with Crippen LogP contribution >= 0.6 is 0 Å². The number of hydrogen-bond donors (Lipinski definition) is 1. The minimum absolute atomic E-state index is 0.0130. The van der Waals surface area contributed by atoms with Crippen molar-refractivity contribution in [3.05, 3.63) is 0 Å². The van der Waals surface area contributed by atoms with Gasteiger partial charge in [0, 0.05) is 12.0 Å². The topological polar surface area (TPSA) is 66.8 Å². The molecule has 1 heterocycles. The van der Waals surface area contributed by atoms with E-state index in [0.717, 1.165) is 0 Å². The summed E-state index contributed by atoms with van der Waals surface area (Å²) in [5.74, 6) is -0.184. The molecule has 0 aliphatic carbocycles. The van der Waals surface area contributed by atoms with Crippen LogP contribution in [0.4, 0.5) is 0 Å². The molecule has 1 rings (SSSR count). The molecule has 21 heavy (non-hydrogen) atoms. The summed E-state index contributed by atoms with van der Waals surface area (Å²) < 4.78 is 4.71. The Morgan fingerprint density at radius 3 is 2.19 bits per heavy atom. The molecular formula is C16H29NO4. The van der Waals surface area contributed by atoms with Crippen molar-refractivity contribution in [3.63, 3.8) is 0 Å². The zero-order chi connectivity index (χ0) is 16.3. The fourth-order valence-electron chi connectivity index (χ4n) is 3.40. The third-order valence-electron chi connectivity index (χ3n) is 5.17. The van der Waals surface area contributed by atoms with Crippen molar-refractivity contribution in [2.45, 2.75) is 53.1 Å². The minimum atomic E-state index is -0.297. The summed E-state index contributed by atoms with van der Waals surface area (Å²) in [6, 6.07) is -0.0149. The van der Waals surface area contributed by atoms with Crippen LogP contribution in [-0.2, 0) is 14.3 Å². The second kappa shape index (κ2) is 7.25. The molecule has 5 nitrogen and oxygen atoms in total. The molecule has 1 N–H and O–H groups in total. The van der Waals surface area contributed by atoms with E-state index in [2.05, 4.69) is 13.8 Å². The van der Waals surface area contributed by atoms with Crippen molar-refractivity contribution in [2.24, 2.45) is 23.7 Å². The SMILES string of the molecule is COC(=O)C(C)C[C@@H](C)C(=O)N1C(C)C(C)C(C)[C@H]1CO. The molecule has 0 aromatic carbocycles. The van der Waals surface area contributed by atoms with Gasteiger partial charge in [0.05, 0.1) is 25.7 Å². The molecule has 0 aromatic rings. The van der Waals surface area contributed by atoms with Gasteiger partial charge in [-0.25, -0.2) is 0 Å². The Morgan fingerprint density at radius 1 is 1.14 bits per heavy atom. The summed E-state index contributed by atoms with van der Waals surface area (Å²) in [5, 5.41) is 9.61. The summed E-state index contributed by atoms with van der Waals surface area (Å²) in [4.78, 5) is 26.0. The largest absolute Gasteiger partial charge is 0.469 e. The number of aliphatic hydroxyl groups is 1. The number of methoxy groups -OCH3 is 1. The molecule has 5 heteroatoms. The average Bonchev–Trinajstić information content (AvgIpc) is 2.68. The number of rotatable bonds is 5. The Balaban J connectivity index is 2.79. The number of hydrogen-bond acceptors (Lipinski definition) is 4. The number of amides is 1. The first-order chi connectivity index (χ1) is 9.76. The van der Waals surface area contributed by atoms with Gasteiger partial charge in [0.1, 0.15) is 0 Å². The highest BCUT2D eigenvalue weighted by Gasteiger charge is 2.45. The van der Waals surface area contributed by atoms with Crippen molar-refractivity contribution < 1.29 is 19.4 Å². The van der Waals surface area contributed by atoms with Crippen LogP contribution in [0.25, 0.3) is 0 Å². The second-order valence-corrected chi connectivity index (χ2v) is 6.52. The molecule has 0 aromatic heterocycles. The van der Waals surface area contributed by atoms with E-state index in [1.807, 2.05) is 18.7 Å². The number of ether oxygens (including phenoxy) is 1. The van der Waals surface area contributed by atoms with Gasteiger partial charge >= 0.3 is 5.97 Å². The minimum Gasteiger partial charge on any atom is -0.469 e. The van der Waals surface area contributed by atoms with Gasteiger partial charge < -0.3 is 14.7 Å². The van der Waals surface area contributed by atoms with Crippen LogP contribution in [0.15, 0.2) is 0 Å². The van der Waals surface area contributed by atoms with E-state index in [1.54, 1.807) is 6.92 Å². The molecule has 1 aliphatic rings. The van der Waals surface area contributed by atoms with Gasteiger partial charge in [0.2, 0.25) is 5.91 Å². The number of nitrogens with zero attached hydrogens (tertiary/aromatic N) is 1. The fourth-order valence-corrected chi connectivity index (χ4v) is 3.40. The Hall–Kier alpha value is -1.10. The molecule has 1 aliphatic heterocycles. The Bertz CT molecular complexity index is 384. The van der Waals surface area contributed by atoms with Gasteiger partial charge in [-0.3, -0.25) is 9.59 Å². The summed E-state index contributed by atoms with van der Waals surface area (Å²) in [5.41, 5.74) is 0. The van der Waals surface area contributed by atoms with E-state index in [4.69, 9.17) is 4.74 Å². The smallest absolute Gasteiger partial charge is 0.308 e. The maximum atomic E-state index is 12.7. The van der Waals surface area contributed by atoms with E-state index in [-0.39, 0.29) is 48.3 Å². The Kier molecular flexibility index (Phi) is 6.20.